The van der Waals surface area contributed by atoms with Crippen molar-refractivity contribution in [1.29, 1.82) is 0 Å². The van der Waals surface area contributed by atoms with Gasteiger partial charge in [-0.1, -0.05) is 35.9 Å². The van der Waals surface area contributed by atoms with Crippen LogP contribution < -0.4 is 10.2 Å². The number of aromatic nitrogens is 2. The predicted molar refractivity (Wildman–Crippen MR) is 129 cm³/mol. The normalized spacial score (nSPS) is 15.5. The van der Waals surface area contributed by atoms with Crippen LogP contribution in [0.5, 0.6) is 0 Å². The van der Waals surface area contributed by atoms with Gasteiger partial charge in [0.15, 0.2) is 5.11 Å². The summed E-state index contributed by atoms with van der Waals surface area (Å²) in [5.41, 5.74) is 4.05. The Morgan fingerprint density at radius 2 is 1.59 bits per heavy atom. The van der Waals surface area contributed by atoms with Gasteiger partial charge in [0.1, 0.15) is 11.9 Å². The van der Waals surface area contributed by atoms with Gasteiger partial charge in [-0.2, -0.15) is 0 Å². The molecular weight excluding hydrogens is 444 g/mol. The van der Waals surface area contributed by atoms with Gasteiger partial charge in [0, 0.05) is 10.7 Å². The highest BCUT2D eigenvalue weighted by atomic mass is 35.5. The largest absolute Gasteiger partial charge is 0.299 e. The summed E-state index contributed by atoms with van der Waals surface area (Å²) in [6.45, 7) is 0. The molecular formula is C24H15ClN4O2S. The first-order chi connectivity index (χ1) is 15.5. The van der Waals surface area contributed by atoms with E-state index in [-0.39, 0.29) is 10.7 Å². The molecule has 0 atom stereocenters. The average Bonchev–Trinajstić information content (AvgIpc) is 3.22. The number of carbonyl (C=O) groups is 2. The van der Waals surface area contributed by atoms with Crippen LogP contribution in [0.3, 0.4) is 0 Å². The Labute approximate surface area is 193 Å². The SMILES string of the molecule is O=C1NC(=S)N(c2ccc(Cl)cc2)C(=O)C1=Cc1ccc(-n2cnc3ccccc32)cc1. The molecule has 1 aromatic heterocycles. The summed E-state index contributed by atoms with van der Waals surface area (Å²) in [6, 6.07) is 22.0. The number of amides is 2. The minimum atomic E-state index is -0.533. The topological polar surface area (TPSA) is 67.2 Å². The van der Waals surface area contributed by atoms with Crippen molar-refractivity contribution in [1.82, 2.24) is 14.9 Å². The van der Waals surface area contributed by atoms with E-state index in [0.29, 0.717) is 16.3 Å². The van der Waals surface area contributed by atoms with E-state index in [1.165, 1.54) is 4.90 Å². The highest BCUT2D eigenvalue weighted by Gasteiger charge is 2.34. The Morgan fingerprint density at radius 1 is 0.906 bits per heavy atom. The van der Waals surface area contributed by atoms with Crippen molar-refractivity contribution in [3.8, 4) is 5.69 Å². The molecule has 0 spiro atoms. The third kappa shape index (κ3) is 3.57. The molecule has 5 rings (SSSR count). The van der Waals surface area contributed by atoms with Crippen molar-refractivity contribution in [2.75, 3.05) is 4.90 Å². The molecule has 0 radical (unpaired) electrons. The summed E-state index contributed by atoms with van der Waals surface area (Å²) in [6.07, 6.45) is 3.32. The number of rotatable bonds is 3. The second-order valence-electron chi connectivity index (χ2n) is 7.13. The van der Waals surface area contributed by atoms with Crippen molar-refractivity contribution in [2.45, 2.75) is 0 Å². The van der Waals surface area contributed by atoms with Crippen molar-refractivity contribution in [3.05, 3.63) is 95.3 Å². The molecule has 1 aliphatic heterocycles. The minimum absolute atomic E-state index is 0.00520. The van der Waals surface area contributed by atoms with E-state index in [0.717, 1.165) is 16.7 Å². The number of fused-ring (bicyclic) bond motifs is 1. The first-order valence-electron chi connectivity index (χ1n) is 9.71. The van der Waals surface area contributed by atoms with Gasteiger partial charge in [-0.05, 0) is 72.4 Å². The van der Waals surface area contributed by atoms with Crippen LogP contribution in [0.15, 0.2) is 84.7 Å². The van der Waals surface area contributed by atoms with Gasteiger partial charge >= 0.3 is 0 Å². The van der Waals surface area contributed by atoms with E-state index in [4.69, 9.17) is 23.8 Å². The number of halogens is 1. The Hall–Kier alpha value is -3.81. The van der Waals surface area contributed by atoms with Gasteiger partial charge < -0.3 is 0 Å². The van der Waals surface area contributed by atoms with E-state index in [2.05, 4.69) is 10.3 Å². The van der Waals surface area contributed by atoms with Crippen LogP contribution in [-0.4, -0.2) is 26.5 Å². The van der Waals surface area contributed by atoms with Gasteiger partial charge in [0.25, 0.3) is 11.8 Å². The minimum Gasteiger partial charge on any atom is -0.299 e. The fourth-order valence-electron chi connectivity index (χ4n) is 3.54. The number of anilines is 1. The van der Waals surface area contributed by atoms with Crippen LogP contribution in [0.1, 0.15) is 5.56 Å². The first kappa shape index (κ1) is 20.1. The first-order valence-corrected chi connectivity index (χ1v) is 10.5. The number of carbonyl (C=O) groups excluding carboxylic acids is 2. The van der Waals surface area contributed by atoms with Crippen molar-refractivity contribution < 1.29 is 9.59 Å². The molecule has 0 unspecified atom stereocenters. The third-order valence-electron chi connectivity index (χ3n) is 5.12. The number of nitrogens with one attached hydrogen (secondary N) is 1. The molecule has 3 aromatic carbocycles. The van der Waals surface area contributed by atoms with Crippen LogP contribution in [0.25, 0.3) is 22.8 Å². The second-order valence-corrected chi connectivity index (χ2v) is 7.95. The van der Waals surface area contributed by atoms with E-state index in [9.17, 15) is 9.59 Å². The van der Waals surface area contributed by atoms with Crippen LogP contribution in [0.2, 0.25) is 5.02 Å². The Kier molecular flexibility index (Phi) is 5.05. The molecule has 6 nitrogen and oxygen atoms in total. The maximum atomic E-state index is 13.1. The van der Waals surface area contributed by atoms with E-state index < -0.39 is 11.8 Å². The standard InChI is InChI=1S/C24H15ClN4O2S/c25-16-7-11-18(12-8-16)29-23(31)19(22(30)27-24(29)32)13-15-5-9-17(10-6-15)28-14-26-20-3-1-2-4-21(20)28/h1-14H,(H,27,30,32). The Bertz CT molecular complexity index is 1410. The lowest BCUT2D eigenvalue weighted by molar-refractivity contribution is -0.122. The average molecular weight is 459 g/mol. The Morgan fingerprint density at radius 3 is 2.34 bits per heavy atom. The van der Waals surface area contributed by atoms with Crippen LogP contribution in [-0.2, 0) is 9.59 Å². The highest BCUT2D eigenvalue weighted by Crippen LogP contribution is 2.24. The number of nitrogens with zero attached hydrogens (tertiary/aromatic N) is 3. The fourth-order valence-corrected chi connectivity index (χ4v) is 3.95. The number of hydrogen-bond acceptors (Lipinski definition) is 4. The lowest BCUT2D eigenvalue weighted by Gasteiger charge is -2.28. The number of para-hydroxylation sites is 2. The van der Waals surface area contributed by atoms with Crippen LogP contribution >= 0.6 is 23.8 Å². The van der Waals surface area contributed by atoms with Crippen LogP contribution in [0, 0.1) is 0 Å². The fraction of sp³-hybridized carbons (Fsp3) is 0. The molecule has 1 aliphatic rings. The quantitative estimate of drug-likeness (QED) is 0.278. The molecule has 2 heterocycles. The Balaban J connectivity index is 1.46. The molecule has 4 aromatic rings. The number of hydrogen-bond donors (Lipinski definition) is 1. The molecule has 32 heavy (non-hydrogen) atoms. The smallest absolute Gasteiger partial charge is 0.270 e. The van der Waals surface area contributed by atoms with Crippen molar-refractivity contribution >= 4 is 63.5 Å². The highest BCUT2D eigenvalue weighted by molar-refractivity contribution is 7.80. The van der Waals surface area contributed by atoms with E-state index in [1.54, 1.807) is 36.7 Å². The zero-order valence-electron chi connectivity index (χ0n) is 16.5. The summed E-state index contributed by atoms with van der Waals surface area (Å²) in [5.74, 6) is -1.03. The summed E-state index contributed by atoms with van der Waals surface area (Å²) >= 11 is 11.2. The maximum Gasteiger partial charge on any atom is 0.270 e. The maximum absolute atomic E-state index is 13.1. The molecule has 1 fully saturated rings. The molecule has 0 bridgehead atoms. The summed E-state index contributed by atoms with van der Waals surface area (Å²) in [4.78, 5) is 31.3. The number of benzene rings is 3. The zero-order chi connectivity index (χ0) is 22.2. The molecule has 0 aliphatic carbocycles. The van der Waals surface area contributed by atoms with Gasteiger partial charge in [0.05, 0.1) is 16.7 Å². The summed E-state index contributed by atoms with van der Waals surface area (Å²) < 4.78 is 1.98. The molecule has 1 saturated heterocycles. The molecule has 8 heteroatoms. The summed E-state index contributed by atoms with van der Waals surface area (Å²) in [7, 11) is 0. The van der Waals surface area contributed by atoms with Crippen molar-refractivity contribution in [2.24, 2.45) is 0 Å². The lowest BCUT2D eigenvalue weighted by Crippen LogP contribution is -2.54. The third-order valence-corrected chi connectivity index (χ3v) is 5.66. The zero-order valence-corrected chi connectivity index (χ0v) is 18.1. The second kappa shape index (κ2) is 8.03. The van der Waals surface area contributed by atoms with E-state index >= 15 is 0 Å². The summed E-state index contributed by atoms with van der Waals surface area (Å²) in [5, 5.41) is 3.15. The monoisotopic (exact) mass is 458 g/mol. The van der Waals surface area contributed by atoms with Crippen LogP contribution in [0.4, 0.5) is 5.69 Å². The predicted octanol–water partition coefficient (Wildman–Crippen LogP) is 4.51. The number of imidazole rings is 1. The van der Waals surface area contributed by atoms with Crippen molar-refractivity contribution in [3.63, 3.8) is 0 Å². The van der Waals surface area contributed by atoms with Gasteiger partial charge in [-0.25, -0.2) is 4.98 Å². The van der Waals surface area contributed by atoms with E-state index in [1.807, 2.05) is 53.1 Å². The molecule has 156 valence electrons. The lowest BCUT2D eigenvalue weighted by atomic mass is 10.1. The van der Waals surface area contributed by atoms with Gasteiger partial charge in [-0.15, -0.1) is 0 Å². The van der Waals surface area contributed by atoms with Gasteiger partial charge in [0.2, 0.25) is 0 Å². The van der Waals surface area contributed by atoms with Gasteiger partial charge in [-0.3, -0.25) is 24.4 Å². The molecule has 1 N–H and O–H groups in total. The molecule has 2 amide bonds. The number of thiocarbonyl (C=S) groups is 1. The molecule has 0 saturated carbocycles.